The van der Waals surface area contributed by atoms with Crippen LogP contribution in [0.3, 0.4) is 0 Å². The smallest absolute Gasteiger partial charge is 0.135 e. The Morgan fingerprint density at radius 1 is 1.33 bits per heavy atom. The number of rotatable bonds is 2. The summed E-state index contributed by atoms with van der Waals surface area (Å²) in [5.74, 6) is 1.99. The maximum absolute atomic E-state index is 9.58. The molecule has 0 saturated carbocycles. The van der Waals surface area contributed by atoms with Crippen molar-refractivity contribution in [2.45, 2.75) is 32.7 Å². The van der Waals surface area contributed by atoms with Crippen LogP contribution in [0, 0.1) is 23.7 Å². The molecule has 1 N–H and O–H groups in total. The number of nitrogens with one attached hydrogen (secondary N) is 1. The number of benzene rings is 1. The summed E-state index contributed by atoms with van der Waals surface area (Å²) in [6, 6.07) is 10.8. The fourth-order valence-corrected chi connectivity index (χ4v) is 3.94. The third kappa shape index (κ3) is 3.00. The zero-order valence-corrected chi connectivity index (χ0v) is 12.1. The predicted octanol–water partition coefficient (Wildman–Crippen LogP) is 3.83. The van der Waals surface area contributed by atoms with E-state index in [1.165, 1.54) is 5.56 Å². The Hall–Kier alpha value is -1.14. The Morgan fingerprint density at radius 2 is 2.11 bits per heavy atom. The van der Waals surface area contributed by atoms with Crippen LogP contribution < -0.4 is 5.32 Å². The average Bonchev–Trinajstić information content (AvgIpc) is 2.27. The van der Waals surface area contributed by atoms with E-state index in [0.717, 1.165) is 23.6 Å². The molecule has 0 spiro atoms. The van der Waals surface area contributed by atoms with Gasteiger partial charge in [0.25, 0.3) is 0 Å². The molecule has 96 valence electrons. The summed E-state index contributed by atoms with van der Waals surface area (Å²) in [7, 11) is 0. The first-order chi connectivity index (χ1) is 8.45. The molecule has 3 heteroatoms. The second-order valence-corrected chi connectivity index (χ2v) is 7.01. The fraction of sp³-hybridized carbons (Fsp3) is 0.533. The Bertz CT molecular complexity index is 476. The van der Waals surface area contributed by atoms with Gasteiger partial charge in [0.05, 0.1) is 6.07 Å². The molecular weight excluding hydrogens is 240 g/mol. The van der Waals surface area contributed by atoms with Crippen molar-refractivity contribution in [2.75, 3.05) is 16.8 Å². The molecule has 1 heterocycles. The number of anilines is 1. The van der Waals surface area contributed by atoms with Gasteiger partial charge in [0.2, 0.25) is 0 Å². The highest BCUT2D eigenvalue weighted by Gasteiger charge is 2.40. The molecule has 2 nitrogen and oxygen atoms in total. The Labute approximate surface area is 114 Å². The van der Waals surface area contributed by atoms with E-state index in [1.54, 1.807) is 0 Å². The zero-order chi connectivity index (χ0) is 13.2. The van der Waals surface area contributed by atoms with E-state index in [1.807, 2.05) is 23.9 Å². The van der Waals surface area contributed by atoms with Crippen LogP contribution >= 0.6 is 11.8 Å². The monoisotopic (exact) mass is 260 g/mol. The number of hydrogen-bond donors (Lipinski definition) is 1. The second-order valence-electron chi connectivity index (χ2n) is 6.02. The van der Waals surface area contributed by atoms with Crippen molar-refractivity contribution in [3.8, 4) is 6.07 Å². The van der Waals surface area contributed by atoms with Gasteiger partial charge in [0.15, 0.2) is 0 Å². The number of hydrogen-bond acceptors (Lipinski definition) is 3. The number of thioether (sulfide) groups is 1. The maximum Gasteiger partial charge on any atom is 0.135 e. The average molecular weight is 260 g/mol. The Morgan fingerprint density at radius 3 is 2.72 bits per heavy atom. The van der Waals surface area contributed by atoms with Crippen LogP contribution in [0.25, 0.3) is 0 Å². The molecule has 2 rings (SSSR count). The van der Waals surface area contributed by atoms with Crippen molar-refractivity contribution in [3.05, 3.63) is 29.8 Å². The molecule has 1 atom stereocenters. The highest BCUT2D eigenvalue weighted by Crippen LogP contribution is 2.40. The van der Waals surface area contributed by atoms with Gasteiger partial charge >= 0.3 is 0 Å². The first-order valence-corrected chi connectivity index (χ1v) is 7.44. The highest BCUT2D eigenvalue weighted by atomic mass is 32.2. The van der Waals surface area contributed by atoms with E-state index < -0.39 is 5.54 Å². The summed E-state index contributed by atoms with van der Waals surface area (Å²) in [6.45, 7) is 6.55. The molecule has 1 fully saturated rings. The molecule has 1 aliphatic heterocycles. The topological polar surface area (TPSA) is 35.8 Å². The lowest BCUT2D eigenvalue weighted by Crippen LogP contribution is -2.47. The highest BCUT2D eigenvalue weighted by molar-refractivity contribution is 7.99. The summed E-state index contributed by atoms with van der Waals surface area (Å²) >= 11 is 1.87. The van der Waals surface area contributed by atoms with Crippen LogP contribution in [-0.2, 0) is 0 Å². The molecule has 1 aliphatic rings. The van der Waals surface area contributed by atoms with Gasteiger partial charge in [0, 0.05) is 11.4 Å². The molecule has 1 aromatic carbocycles. The van der Waals surface area contributed by atoms with Gasteiger partial charge in [-0.25, -0.2) is 0 Å². The number of aryl methyl sites for hydroxylation is 1. The van der Waals surface area contributed by atoms with Crippen molar-refractivity contribution < 1.29 is 0 Å². The number of nitriles is 1. The molecule has 0 aliphatic carbocycles. The first-order valence-electron chi connectivity index (χ1n) is 6.29. The molecule has 0 aromatic heterocycles. The second kappa shape index (κ2) is 4.85. The Kier molecular flexibility index (Phi) is 3.59. The summed E-state index contributed by atoms with van der Waals surface area (Å²) in [4.78, 5) is 0. The van der Waals surface area contributed by atoms with Crippen molar-refractivity contribution in [3.63, 3.8) is 0 Å². The standard InChI is InChI=1S/C15H20N2S/c1-12-5-4-6-13(7-12)17-15(9-16)8-14(2,3)10-18-11-15/h4-7,17H,8,10-11H2,1-3H3. The van der Waals surface area contributed by atoms with Crippen LogP contribution in [0.2, 0.25) is 0 Å². The summed E-state index contributed by atoms with van der Waals surface area (Å²) in [6.07, 6.45) is 0.900. The van der Waals surface area contributed by atoms with Crippen LogP contribution in [-0.4, -0.2) is 17.0 Å². The van der Waals surface area contributed by atoms with Gasteiger partial charge in [-0.3, -0.25) is 0 Å². The molecule has 0 bridgehead atoms. The van der Waals surface area contributed by atoms with Crippen molar-refractivity contribution in [2.24, 2.45) is 5.41 Å². The molecule has 1 saturated heterocycles. The van der Waals surface area contributed by atoms with Crippen molar-refractivity contribution in [1.29, 1.82) is 5.26 Å². The quantitative estimate of drug-likeness (QED) is 0.877. The van der Waals surface area contributed by atoms with Crippen LogP contribution in [0.15, 0.2) is 24.3 Å². The summed E-state index contributed by atoms with van der Waals surface area (Å²) in [5, 5.41) is 13.0. The van der Waals surface area contributed by atoms with E-state index in [4.69, 9.17) is 0 Å². The normalized spacial score (nSPS) is 26.3. The molecule has 0 radical (unpaired) electrons. The summed E-state index contributed by atoms with van der Waals surface area (Å²) in [5.41, 5.74) is 2.06. The minimum Gasteiger partial charge on any atom is -0.367 e. The number of nitrogens with zero attached hydrogens (tertiary/aromatic N) is 1. The third-order valence-corrected chi connectivity index (χ3v) is 4.92. The fourth-order valence-electron chi connectivity index (χ4n) is 2.60. The largest absolute Gasteiger partial charge is 0.367 e. The van der Waals surface area contributed by atoms with E-state index in [9.17, 15) is 5.26 Å². The van der Waals surface area contributed by atoms with Crippen LogP contribution in [0.1, 0.15) is 25.8 Å². The van der Waals surface area contributed by atoms with Crippen molar-refractivity contribution in [1.82, 2.24) is 0 Å². The lowest BCUT2D eigenvalue weighted by molar-refractivity contribution is 0.324. The van der Waals surface area contributed by atoms with Crippen LogP contribution in [0.5, 0.6) is 0 Å². The molecule has 18 heavy (non-hydrogen) atoms. The van der Waals surface area contributed by atoms with Crippen LogP contribution in [0.4, 0.5) is 5.69 Å². The zero-order valence-electron chi connectivity index (χ0n) is 11.3. The van der Waals surface area contributed by atoms with Gasteiger partial charge in [-0.2, -0.15) is 17.0 Å². The van der Waals surface area contributed by atoms with Gasteiger partial charge in [0.1, 0.15) is 5.54 Å². The van der Waals surface area contributed by atoms with E-state index in [0.29, 0.717) is 0 Å². The lowest BCUT2D eigenvalue weighted by Gasteiger charge is -2.41. The van der Waals surface area contributed by atoms with E-state index in [2.05, 4.69) is 44.3 Å². The van der Waals surface area contributed by atoms with E-state index >= 15 is 0 Å². The summed E-state index contributed by atoms with van der Waals surface area (Å²) < 4.78 is 0. The molecular formula is C15H20N2S. The minimum absolute atomic E-state index is 0.218. The van der Waals surface area contributed by atoms with Crippen molar-refractivity contribution >= 4 is 17.4 Å². The predicted molar refractivity (Wildman–Crippen MR) is 78.9 cm³/mol. The van der Waals surface area contributed by atoms with Gasteiger partial charge < -0.3 is 5.32 Å². The molecule has 1 unspecified atom stereocenters. The molecule has 1 aromatic rings. The van der Waals surface area contributed by atoms with E-state index in [-0.39, 0.29) is 5.41 Å². The first kappa shape index (κ1) is 13.3. The van der Waals surface area contributed by atoms with Gasteiger partial charge in [-0.1, -0.05) is 26.0 Å². The lowest BCUT2D eigenvalue weighted by atomic mass is 9.80. The van der Waals surface area contributed by atoms with Gasteiger partial charge in [-0.05, 0) is 42.2 Å². The SMILES string of the molecule is Cc1cccc(NC2(C#N)CSCC(C)(C)C2)c1. The Balaban J connectivity index is 2.21. The maximum atomic E-state index is 9.58. The minimum atomic E-state index is -0.430. The molecule has 0 amide bonds. The van der Waals surface area contributed by atoms with Gasteiger partial charge in [-0.15, -0.1) is 0 Å². The third-order valence-electron chi connectivity index (χ3n) is 3.24.